The molecule has 4 aromatic rings. The Morgan fingerprint density at radius 3 is 2.53 bits per heavy atom. The van der Waals surface area contributed by atoms with E-state index in [0.29, 0.717) is 0 Å². The molecule has 4 rings (SSSR count). The van der Waals surface area contributed by atoms with Gasteiger partial charge in [0.2, 0.25) is 0 Å². The predicted molar refractivity (Wildman–Crippen MR) is 82.6 cm³/mol. The molecule has 0 amide bonds. The Bertz CT molecular complexity index is 862. The van der Waals surface area contributed by atoms with Crippen LogP contribution in [-0.4, -0.2) is 4.98 Å². The fraction of sp³-hybridized carbons (Fsp3) is 0. The minimum Gasteiger partial charge on any atom is -0.264 e. The largest absolute Gasteiger partial charge is 0.264 e. The van der Waals surface area contributed by atoms with E-state index in [1.54, 1.807) is 0 Å². The number of nitrogens with zero attached hydrogens (tertiary/aromatic N) is 1. The zero-order chi connectivity index (χ0) is 12.7. The van der Waals surface area contributed by atoms with Gasteiger partial charge in [-0.25, -0.2) is 0 Å². The zero-order valence-electron chi connectivity index (χ0n) is 10.2. The second-order valence-electron chi connectivity index (χ2n) is 4.55. The lowest BCUT2D eigenvalue weighted by Gasteiger charge is -2.00. The van der Waals surface area contributed by atoms with E-state index in [1.807, 2.05) is 29.8 Å². The number of fused-ring (bicyclic) bond motifs is 3. The summed E-state index contributed by atoms with van der Waals surface area (Å²) in [7, 11) is 0. The van der Waals surface area contributed by atoms with E-state index in [4.69, 9.17) is 0 Å². The Labute approximate surface area is 115 Å². The highest BCUT2D eigenvalue weighted by Gasteiger charge is 2.05. The summed E-state index contributed by atoms with van der Waals surface area (Å²) in [4.78, 5) is 4.19. The average molecular weight is 261 g/mol. The van der Waals surface area contributed by atoms with E-state index in [2.05, 4.69) is 53.5 Å². The molecular weight excluding hydrogens is 250 g/mol. The quantitative estimate of drug-likeness (QED) is 0.463. The van der Waals surface area contributed by atoms with Gasteiger partial charge in [-0.15, -0.1) is 11.3 Å². The van der Waals surface area contributed by atoms with Gasteiger partial charge >= 0.3 is 0 Å². The van der Waals surface area contributed by atoms with E-state index < -0.39 is 0 Å². The van der Waals surface area contributed by atoms with Crippen molar-refractivity contribution in [2.75, 3.05) is 0 Å². The Morgan fingerprint density at radius 2 is 1.63 bits per heavy atom. The number of aromatic nitrogens is 1. The second-order valence-corrected chi connectivity index (χ2v) is 5.63. The van der Waals surface area contributed by atoms with Gasteiger partial charge in [0.25, 0.3) is 0 Å². The van der Waals surface area contributed by atoms with Gasteiger partial charge in [-0.3, -0.25) is 4.98 Å². The van der Waals surface area contributed by atoms with Gasteiger partial charge in [-0.05, 0) is 23.8 Å². The van der Waals surface area contributed by atoms with Crippen LogP contribution >= 0.6 is 11.3 Å². The lowest BCUT2D eigenvalue weighted by molar-refractivity contribution is 1.33. The highest BCUT2D eigenvalue weighted by molar-refractivity contribution is 7.25. The van der Waals surface area contributed by atoms with Crippen LogP contribution in [0.4, 0.5) is 0 Å². The third-order valence-electron chi connectivity index (χ3n) is 3.37. The summed E-state index contributed by atoms with van der Waals surface area (Å²) in [6.07, 6.45) is 3.72. The highest BCUT2D eigenvalue weighted by atomic mass is 32.1. The Balaban J connectivity index is 1.99. The number of thiophene rings is 1. The molecule has 0 aliphatic rings. The number of hydrogen-bond acceptors (Lipinski definition) is 2. The molecule has 2 heterocycles. The molecule has 0 radical (unpaired) electrons. The summed E-state index contributed by atoms with van der Waals surface area (Å²) in [6, 6.07) is 19.3. The number of hydrogen-bond donors (Lipinski definition) is 0. The van der Waals surface area contributed by atoms with Crippen molar-refractivity contribution in [3.63, 3.8) is 0 Å². The van der Waals surface area contributed by atoms with Crippen LogP contribution in [0.2, 0.25) is 0 Å². The van der Waals surface area contributed by atoms with Crippen molar-refractivity contribution >= 4 is 31.5 Å². The number of pyridine rings is 1. The molecule has 0 aliphatic heterocycles. The van der Waals surface area contributed by atoms with Gasteiger partial charge in [-0.1, -0.05) is 36.4 Å². The summed E-state index contributed by atoms with van der Waals surface area (Å²) in [5.41, 5.74) is 2.40. The van der Waals surface area contributed by atoms with Gasteiger partial charge in [0.1, 0.15) is 0 Å². The molecule has 0 aliphatic carbocycles. The van der Waals surface area contributed by atoms with Gasteiger partial charge in [0.15, 0.2) is 0 Å². The molecule has 0 bridgehead atoms. The van der Waals surface area contributed by atoms with Crippen LogP contribution in [0.15, 0.2) is 67.0 Å². The first-order valence-electron chi connectivity index (χ1n) is 6.23. The molecule has 0 unspecified atom stereocenters. The van der Waals surface area contributed by atoms with Crippen LogP contribution in [0.5, 0.6) is 0 Å². The summed E-state index contributed by atoms with van der Waals surface area (Å²) >= 11 is 1.85. The second kappa shape index (κ2) is 4.18. The molecule has 2 aromatic carbocycles. The maximum absolute atomic E-state index is 4.19. The van der Waals surface area contributed by atoms with Crippen LogP contribution in [0.25, 0.3) is 31.3 Å². The zero-order valence-corrected chi connectivity index (χ0v) is 11.0. The molecule has 0 saturated carbocycles. The van der Waals surface area contributed by atoms with Gasteiger partial charge < -0.3 is 0 Å². The minimum absolute atomic E-state index is 1.17. The van der Waals surface area contributed by atoms with E-state index >= 15 is 0 Å². The molecule has 2 aromatic heterocycles. The lowest BCUT2D eigenvalue weighted by atomic mass is 10.1. The minimum atomic E-state index is 1.17. The predicted octanol–water partition coefficient (Wildman–Crippen LogP) is 5.12. The summed E-state index contributed by atoms with van der Waals surface area (Å²) in [5.74, 6) is 0. The first-order valence-corrected chi connectivity index (χ1v) is 7.05. The average Bonchev–Trinajstić information content (AvgIpc) is 2.86. The summed E-state index contributed by atoms with van der Waals surface area (Å²) < 4.78 is 2.68. The van der Waals surface area contributed by atoms with Crippen LogP contribution < -0.4 is 0 Å². The smallest absolute Gasteiger partial charge is 0.0361 e. The van der Waals surface area contributed by atoms with Crippen LogP contribution in [-0.2, 0) is 0 Å². The van der Waals surface area contributed by atoms with Gasteiger partial charge in [-0.2, -0.15) is 0 Å². The highest BCUT2D eigenvalue weighted by Crippen LogP contribution is 2.35. The van der Waals surface area contributed by atoms with Crippen LogP contribution in [0.1, 0.15) is 0 Å². The molecule has 19 heavy (non-hydrogen) atoms. The van der Waals surface area contributed by atoms with Crippen molar-refractivity contribution in [1.82, 2.24) is 4.98 Å². The molecule has 0 atom stereocenters. The molecule has 0 spiro atoms. The molecule has 0 N–H and O–H groups in total. The third kappa shape index (κ3) is 1.72. The van der Waals surface area contributed by atoms with E-state index in [9.17, 15) is 0 Å². The van der Waals surface area contributed by atoms with Crippen molar-refractivity contribution in [2.24, 2.45) is 0 Å². The Kier molecular flexibility index (Phi) is 2.35. The number of rotatable bonds is 1. The maximum Gasteiger partial charge on any atom is 0.0361 e. The third-order valence-corrected chi connectivity index (χ3v) is 4.51. The maximum atomic E-state index is 4.19. The van der Waals surface area contributed by atoms with E-state index in [1.165, 1.54) is 31.3 Å². The first-order chi connectivity index (χ1) is 9.42. The topological polar surface area (TPSA) is 12.9 Å². The van der Waals surface area contributed by atoms with Crippen molar-refractivity contribution in [3.8, 4) is 11.1 Å². The fourth-order valence-corrected chi connectivity index (χ4v) is 3.58. The van der Waals surface area contributed by atoms with Crippen molar-refractivity contribution in [2.45, 2.75) is 0 Å². The Hall–Kier alpha value is -2.19. The molecule has 1 nitrogen and oxygen atoms in total. The van der Waals surface area contributed by atoms with Crippen LogP contribution in [0.3, 0.4) is 0 Å². The van der Waals surface area contributed by atoms with Crippen molar-refractivity contribution in [3.05, 3.63) is 67.0 Å². The molecule has 0 fully saturated rings. The van der Waals surface area contributed by atoms with Gasteiger partial charge in [0, 0.05) is 38.1 Å². The summed E-state index contributed by atoms with van der Waals surface area (Å²) in [6.45, 7) is 0. The first kappa shape index (κ1) is 10.7. The fourth-order valence-electron chi connectivity index (χ4n) is 2.44. The monoisotopic (exact) mass is 261 g/mol. The van der Waals surface area contributed by atoms with Gasteiger partial charge in [0.05, 0.1) is 0 Å². The standard InChI is InChI=1S/C17H11NS/c1-2-6-16-14(5-1)15-8-7-12(10-17(15)19-16)13-4-3-9-18-11-13/h1-11H. The van der Waals surface area contributed by atoms with Crippen molar-refractivity contribution in [1.29, 1.82) is 0 Å². The van der Waals surface area contributed by atoms with Crippen LogP contribution in [0, 0.1) is 0 Å². The van der Waals surface area contributed by atoms with E-state index in [-0.39, 0.29) is 0 Å². The molecular formula is C17H11NS. The lowest BCUT2D eigenvalue weighted by Crippen LogP contribution is -1.78. The normalized spacial score (nSPS) is 11.2. The molecule has 0 saturated heterocycles. The molecule has 2 heteroatoms. The molecule has 90 valence electrons. The Morgan fingerprint density at radius 1 is 0.737 bits per heavy atom. The SMILES string of the molecule is c1cncc(-c2ccc3c(c2)sc2ccccc23)c1. The van der Waals surface area contributed by atoms with Crippen molar-refractivity contribution < 1.29 is 0 Å². The number of benzene rings is 2. The summed E-state index contributed by atoms with van der Waals surface area (Å²) in [5, 5.41) is 2.69. The van der Waals surface area contributed by atoms with E-state index in [0.717, 1.165) is 0 Å².